The van der Waals surface area contributed by atoms with Crippen LogP contribution < -0.4 is 4.74 Å². The summed E-state index contributed by atoms with van der Waals surface area (Å²) in [5.41, 5.74) is 1.66. The molecule has 0 aliphatic carbocycles. The van der Waals surface area contributed by atoms with Gasteiger partial charge in [-0.15, -0.1) is 0 Å². The van der Waals surface area contributed by atoms with Crippen LogP contribution in [0.1, 0.15) is 46.0 Å². The number of non-ortho nitro benzene ring substituents is 1. The van der Waals surface area contributed by atoms with Gasteiger partial charge in [0, 0.05) is 23.4 Å². The SMILES string of the molecule is CC(=O)c1c(C)[nH]c(C(=O)[C@H](C)OC(=O)COc2ccc([N+](=O)[O-])cc2)c1C. The lowest BCUT2D eigenvalue weighted by atomic mass is 10.0. The van der Waals surface area contributed by atoms with Crippen molar-refractivity contribution in [2.45, 2.75) is 33.8 Å². The maximum atomic E-state index is 12.5. The number of aromatic amines is 1. The van der Waals surface area contributed by atoms with Crippen LogP contribution in [0.25, 0.3) is 0 Å². The molecular formula is C19H20N2O7. The van der Waals surface area contributed by atoms with Gasteiger partial charge in [0.05, 0.1) is 10.6 Å². The monoisotopic (exact) mass is 388 g/mol. The van der Waals surface area contributed by atoms with Crippen molar-refractivity contribution in [2.75, 3.05) is 6.61 Å². The van der Waals surface area contributed by atoms with Crippen molar-refractivity contribution in [2.24, 2.45) is 0 Å². The minimum Gasteiger partial charge on any atom is -0.482 e. The Kier molecular flexibility index (Phi) is 6.29. The third-order valence-electron chi connectivity index (χ3n) is 4.12. The van der Waals surface area contributed by atoms with E-state index in [0.29, 0.717) is 16.8 Å². The Morgan fingerprint density at radius 1 is 1.18 bits per heavy atom. The average Bonchev–Trinajstić information content (AvgIpc) is 2.93. The predicted octanol–water partition coefficient (Wildman–Crippen LogP) is 2.94. The Labute approximate surface area is 160 Å². The van der Waals surface area contributed by atoms with Gasteiger partial charge in [-0.05, 0) is 45.4 Å². The van der Waals surface area contributed by atoms with Gasteiger partial charge in [0.2, 0.25) is 5.78 Å². The minimum absolute atomic E-state index is 0.101. The molecular weight excluding hydrogens is 368 g/mol. The summed E-state index contributed by atoms with van der Waals surface area (Å²) in [7, 11) is 0. The zero-order valence-electron chi connectivity index (χ0n) is 15.9. The number of carbonyl (C=O) groups is 3. The molecule has 0 aliphatic heterocycles. The predicted molar refractivity (Wildman–Crippen MR) is 98.7 cm³/mol. The highest BCUT2D eigenvalue weighted by atomic mass is 16.6. The number of nitro groups is 1. The third-order valence-corrected chi connectivity index (χ3v) is 4.12. The van der Waals surface area contributed by atoms with Crippen LogP contribution in [0, 0.1) is 24.0 Å². The lowest BCUT2D eigenvalue weighted by Gasteiger charge is -2.13. The van der Waals surface area contributed by atoms with Crippen molar-refractivity contribution in [1.82, 2.24) is 4.98 Å². The largest absolute Gasteiger partial charge is 0.482 e. The van der Waals surface area contributed by atoms with Gasteiger partial charge < -0.3 is 14.5 Å². The normalized spacial score (nSPS) is 11.6. The van der Waals surface area contributed by atoms with Gasteiger partial charge >= 0.3 is 5.97 Å². The third kappa shape index (κ3) is 4.61. The average molecular weight is 388 g/mol. The fraction of sp³-hybridized carbons (Fsp3) is 0.316. The molecule has 0 amide bonds. The number of hydrogen-bond donors (Lipinski definition) is 1. The fourth-order valence-corrected chi connectivity index (χ4v) is 2.82. The van der Waals surface area contributed by atoms with Crippen LogP contribution in [0.4, 0.5) is 5.69 Å². The summed E-state index contributed by atoms with van der Waals surface area (Å²) in [4.78, 5) is 49.1. The van der Waals surface area contributed by atoms with Gasteiger partial charge in [-0.2, -0.15) is 0 Å². The Balaban J connectivity index is 1.96. The Morgan fingerprint density at radius 3 is 2.29 bits per heavy atom. The number of nitro benzene ring substituents is 1. The number of nitrogens with one attached hydrogen (secondary N) is 1. The van der Waals surface area contributed by atoms with Gasteiger partial charge in [-0.1, -0.05) is 0 Å². The Morgan fingerprint density at radius 2 is 1.79 bits per heavy atom. The topological polar surface area (TPSA) is 129 Å². The number of benzene rings is 1. The van der Waals surface area contributed by atoms with E-state index in [-0.39, 0.29) is 22.9 Å². The molecule has 1 aromatic carbocycles. The number of aromatic nitrogens is 1. The molecule has 0 radical (unpaired) electrons. The van der Waals surface area contributed by atoms with Gasteiger partial charge in [-0.3, -0.25) is 19.7 Å². The highest BCUT2D eigenvalue weighted by Crippen LogP contribution is 2.21. The molecule has 0 saturated carbocycles. The van der Waals surface area contributed by atoms with Crippen molar-refractivity contribution in [1.29, 1.82) is 0 Å². The van der Waals surface area contributed by atoms with E-state index in [2.05, 4.69) is 4.98 Å². The van der Waals surface area contributed by atoms with E-state index in [0.717, 1.165) is 0 Å². The van der Waals surface area contributed by atoms with E-state index in [9.17, 15) is 24.5 Å². The highest BCUT2D eigenvalue weighted by Gasteiger charge is 2.26. The van der Waals surface area contributed by atoms with E-state index in [1.165, 1.54) is 38.1 Å². The van der Waals surface area contributed by atoms with Crippen LogP contribution in [0.2, 0.25) is 0 Å². The molecule has 0 unspecified atom stereocenters. The number of Topliss-reactive ketones (excluding diaryl/α,β-unsaturated/α-hetero) is 2. The van der Waals surface area contributed by atoms with Crippen molar-refractivity contribution in [3.8, 4) is 5.75 Å². The molecule has 1 aromatic heterocycles. The maximum absolute atomic E-state index is 12.5. The number of ether oxygens (including phenoxy) is 2. The number of carbonyl (C=O) groups excluding carboxylic acids is 3. The number of aryl methyl sites for hydroxylation is 1. The van der Waals surface area contributed by atoms with Crippen molar-refractivity contribution >= 4 is 23.2 Å². The van der Waals surface area contributed by atoms with Gasteiger partial charge in [0.25, 0.3) is 5.69 Å². The Bertz CT molecular complexity index is 929. The van der Waals surface area contributed by atoms with Crippen molar-refractivity contribution < 1.29 is 28.8 Å². The lowest BCUT2D eigenvalue weighted by Crippen LogP contribution is -2.28. The first kappa shape index (κ1) is 20.8. The number of hydrogen-bond acceptors (Lipinski definition) is 7. The quantitative estimate of drug-likeness (QED) is 0.318. The molecule has 148 valence electrons. The summed E-state index contributed by atoms with van der Waals surface area (Å²) in [5.74, 6) is -1.14. The molecule has 0 fully saturated rings. The molecule has 1 heterocycles. The van der Waals surface area contributed by atoms with Crippen LogP contribution in [-0.2, 0) is 9.53 Å². The van der Waals surface area contributed by atoms with Crippen LogP contribution in [0.15, 0.2) is 24.3 Å². The number of ketones is 2. The van der Waals surface area contributed by atoms with Crippen LogP contribution in [0.3, 0.4) is 0 Å². The molecule has 9 nitrogen and oxygen atoms in total. The standard InChI is InChI=1S/C19H20N2O7/c1-10-17(12(3)22)11(2)20-18(10)19(24)13(4)28-16(23)9-27-15-7-5-14(6-8-15)21(25)26/h5-8,13,20H,9H2,1-4H3/t13-/m0/s1. The molecule has 0 aliphatic rings. The van der Waals surface area contributed by atoms with Crippen molar-refractivity contribution in [3.63, 3.8) is 0 Å². The summed E-state index contributed by atoms with van der Waals surface area (Å²) in [6.45, 7) is 5.72. The molecule has 0 spiro atoms. The highest BCUT2D eigenvalue weighted by molar-refractivity contribution is 6.05. The lowest BCUT2D eigenvalue weighted by molar-refractivity contribution is -0.384. The zero-order chi connectivity index (χ0) is 21.0. The zero-order valence-corrected chi connectivity index (χ0v) is 15.9. The molecule has 1 N–H and O–H groups in total. The molecule has 0 bridgehead atoms. The molecule has 1 atom stereocenters. The first-order valence-electron chi connectivity index (χ1n) is 8.42. The maximum Gasteiger partial charge on any atom is 0.344 e. The summed E-state index contributed by atoms with van der Waals surface area (Å²) < 4.78 is 10.3. The number of H-pyrrole nitrogens is 1. The second-order valence-electron chi connectivity index (χ2n) is 6.22. The van der Waals surface area contributed by atoms with E-state index in [1.54, 1.807) is 13.8 Å². The summed E-state index contributed by atoms with van der Waals surface area (Å²) in [6, 6.07) is 5.20. The van der Waals surface area contributed by atoms with Gasteiger partial charge in [-0.25, -0.2) is 4.79 Å². The Hall–Kier alpha value is -3.49. The van der Waals surface area contributed by atoms with Crippen LogP contribution in [0.5, 0.6) is 5.75 Å². The molecule has 2 aromatic rings. The summed E-state index contributed by atoms with van der Waals surface area (Å²) >= 11 is 0. The van der Waals surface area contributed by atoms with E-state index in [4.69, 9.17) is 9.47 Å². The summed E-state index contributed by atoms with van der Waals surface area (Å²) in [5, 5.41) is 10.6. The number of esters is 1. The molecule has 0 saturated heterocycles. The number of rotatable bonds is 8. The summed E-state index contributed by atoms with van der Waals surface area (Å²) in [6.07, 6.45) is -1.08. The molecule has 28 heavy (non-hydrogen) atoms. The molecule has 9 heteroatoms. The fourth-order valence-electron chi connectivity index (χ4n) is 2.82. The second-order valence-corrected chi connectivity index (χ2v) is 6.22. The molecule has 2 rings (SSSR count). The van der Waals surface area contributed by atoms with Crippen LogP contribution in [-0.4, -0.2) is 40.2 Å². The minimum atomic E-state index is -1.08. The smallest absolute Gasteiger partial charge is 0.344 e. The van der Waals surface area contributed by atoms with Gasteiger partial charge in [0.1, 0.15) is 5.75 Å². The first-order valence-corrected chi connectivity index (χ1v) is 8.42. The van der Waals surface area contributed by atoms with E-state index in [1.807, 2.05) is 0 Å². The van der Waals surface area contributed by atoms with Crippen LogP contribution >= 0.6 is 0 Å². The van der Waals surface area contributed by atoms with E-state index < -0.39 is 29.4 Å². The number of nitrogens with zero attached hydrogens (tertiary/aromatic N) is 1. The van der Waals surface area contributed by atoms with Gasteiger partial charge in [0.15, 0.2) is 18.5 Å². The second kappa shape index (κ2) is 8.47. The first-order chi connectivity index (χ1) is 13.1. The van der Waals surface area contributed by atoms with E-state index >= 15 is 0 Å². The van der Waals surface area contributed by atoms with Crippen molar-refractivity contribution in [3.05, 3.63) is 56.9 Å².